The lowest BCUT2D eigenvalue weighted by atomic mass is 9.95. The van der Waals surface area contributed by atoms with E-state index in [4.69, 9.17) is 9.47 Å². The number of hydrogen-bond donors (Lipinski definition) is 1. The van der Waals surface area contributed by atoms with Gasteiger partial charge >= 0.3 is 0 Å². The van der Waals surface area contributed by atoms with E-state index in [1.807, 2.05) is 29.8 Å². The number of carbonyl (C=O) groups excluding carboxylic acids is 1. The number of fused-ring (bicyclic) bond motifs is 1. The maximum absolute atomic E-state index is 12.7. The van der Waals surface area contributed by atoms with Crippen LogP contribution in [0.1, 0.15) is 56.5 Å². The second-order valence-corrected chi connectivity index (χ2v) is 8.95. The minimum Gasteiger partial charge on any atom is -0.490 e. The van der Waals surface area contributed by atoms with Gasteiger partial charge in [0.05, 0.1) is 25.0 Å². The predicted octanol–water partition coefficient (Wildman–Crippen LogP) is 3.46. The third-order valence-corrected chi connectivity index (χ3v) is 6.28. The summed E-state index contributed by atoms with van der Waals surface area (Å²) in [7, 11) is 1.97. The number of carbonyl (C=O) groups is 1. The van der Waals surface area contributed by atoms with Crippen molar-refractivity contribution >= 4 is 17.7 Å². The predicted molar refractivity (Wildman–Crippen MR) is 111 cm³/mol. The van der Waals surface area contributed by atoms with E-state index in [0.29, 0.717) is 24.9 Å². The Morgan fingerprint density at radius 2 is 2.00 bits per heavy atom. The minimum atomic E-state index is -0.0956. The Morgan fingerprint density at radius 1 is 1.24 bits per heavy atom. The van der Waals surface area contributed by atoms with Crippen LogP contribution >= 0.6 is 11.8 Å². The monoisotopic (exact) mass is 416 g/mol. The molecule has 156 valence electrons. The summed E-state index contributed by atoms with van der Waals surface area (Å²) in [5.41, 5.74) is 1.03. The lowest BCUT2D eigenvalue weighted by molar-refractivity contribution is -0.119. The van der Waals surface area contributed by atoms with E-state index in [0.717, 1.165) is 34.5 Å². The van der Waals surface area contributed by atoms with Crippen molar-refractivity contribution in [3.63, 3.8) is 0 Å². The topological polar surface area (TPSA) is 78.3 Å². The zero-order valence-corrected chi connectivity index (χ0v) is 18.0. The summed E-state index contributed by atoms with van der Waals surface area (Å²) in [4.78, 5) is 12.7. The smallest absolute Gasteiger partial charge is 0.230 e. The van der Waals surface area contributed by atoms with Gasteiger partial charge < -0.3 is 19.4 Å². The molecule has 1 aromatic carbocycles. The molecule has 2 heterocycles. The number of thioether (sulfide) groups is 1. The Kier molecular flexibility index (Phi) is 5.99. The van der Waals surface area contributed by atoms with Gasteiger partial charge in [-0.05, 0) is 36.5 Å². The van der Waals surface area contributed by atoms with Crippen LogP contribution in [0.5, 0.6) is 11.5 Å². The van der Waals surface area contributed by atoms with E-state index in [2.05, 4.69) is 29.4 Å². The summed E-state index contributed by atoms with van der Waals surface area (Å²) in [6, 6.07) is 5.84. The van der Waals surface area contributed by atoms with Gasteiger partial charge in [0, 0.05) is 19.4 Å². The average Bonchev–Trinajstić information content (AvgIpc) is 3.50. The van der Waals surface area contributed by atoms with Gasteiger partial charge in [-0.15, -0.1) is 10.2 Å². The summed E-state index contributed by atoms with van der Waals surface area (Å²) < 4.78 is 13.5. The van der Waals surface area contributed by atoms with Crippen LogP contribution in [-0.2, 0) is 11.8 Å². The van der Waals surface area contributed by atoms with E-state index in [-0.39, 0.29) is 17.9 Å². The van der Waals surface area contributed by atoms with E-state index in [1.54, 1.807) is 0 Å². The normalized spacial score (nSPS) is 17.1. The second kappa shape index (κ2) is 8.65. The minimum absolute atomic E-state index is 0.0169. The number of ether oxygens (including phenoxy) is 2. The first-order valence-corrected chi connectivity index (χ1v) is 11.2. The van der Waals surface area contributed by atoms with Crippen LogP contribution < -0.4 is 14.8 Å². The highest BCUT2D eigenvalue weighted by molar-refractivity contribution is 7.99. The van der Waals surface area contributed by atoms with Crippen LogP contribution in [0, 0.1) is 5.92 Å². The molecule has 29 heavy (non-hydrogen) atoms. The molecule has 1 aromatic heterocycles. The third kappa shape index (κ3) is 4.69. The second-order valence-electron chi connectivity index (χ2n) is 8.01. The van der Waals surface area contributed by atoms with Crippen molar-refractivity contribution in [2.75, 3.05) is 19.0 Å². The molecule has 1 unspecified atom stereocenters. The fourth-order valence-corrected chi connectivity index (χ4v) is 4.23. The first kappa shape index (κ1) is 20.1. The molecule has 2 aromatic rings. The molecule has 0 bridgehead atoms. The molecule has 7 nitrogen and oxygen atoms in total. The van der Waals surface area contributed by atoms with Gasteiger partial charge in [0.15, 0.2) is 16.7 Å². The Hall–Kier alpha value is -2.22. The molecule has 0 spiro atoms. The Labute approximate surface area is 175 Å². The lowest BCUT2D eigenvalue weighted by Crippen LogP contribution is -2.33. The summed E-state index contributed by atoms with van der Waals surface area (Å²) in [5.74, 6) is 3.62. The van der Waals surface area contributed by atoms with Crippen molar-refractivity contribution in [1.29, 1.82) is 0 Å². The number of nitrogens with one attached hydrogen (secondary N) is 1. The SMILES string of the molecule is CC(C)C(NC(=O)CSc1nnc(C2CC2)n1C)c1ccc2c(c1)OCCCO2. The number of amides is 1. The van der Waals surface area contributed by atoms with Crippen molar-refractivity contribution < 1.29 is 14.3 Å². The Balaban J connectivity index is 1.40. The highest BCUT2D eigenvalue weighted by Crippen LogP contribution is 2.39. The standard InChI is InChI=1S/C21H28N4O3S/c1-13(2)19(15-7-8-16-17(11-15)28-10-4-9-27-16)22-18(26)12-29-21-24-23-20(25(21)3)14-5-6-14/h7-8,11,13-14,19H,4-6,9-10,12H2,1-3H3,(H,22,26). The quantitative estimate of drug-likeness (QED) is 0.697. The van der Waals surface area contributed by atoms with Crippen molar-refractivity contribution in [3.8, 4) is 11.5 Å². The zero-order chi connectivity index (χ0) is 20.4. The molecule has 1 amide bonds. The van der Waals surface area contributed by atoms with Gasteiger partial charge in [0.1, 0.15) is 5.82 Å². The molecule has 1 aliphatic heterocycles. The largest absolute Gasteiger partial charge is 0.490 e. The van der Waals surface area contributed by atoms with Gasteiger partial charge in [0.25, 0.3) is 0 Å². The van der Waals surface area contributed by atoms with Crippen LogP contribution in [0.2, 0.25) is 0 Å². The van der Waals surface area contributed by atoms with Crippen molar-refractivity contribution in [3.05, 3.63) is 29.6 Å². The number of rotatable bonds is 7. The number of hydrogen-bond acceptors (Lipinski definition) is 6. The van der Waals surface area contributed by atoms with E-state index >= 15 is 0 Å². The molecule has 4 rings (SSSR count). The van der Waals surface area contributed by atoms with E-state index in [9.17, 15) is 4.79 Å². The van der Waals surface area contributed by atoms with E-state index < -0.39 is 0 Å². The van der Waals surface area contributed by atoms with Gasteiger partial charge in [0.2, 0.25) is 5.91 Å². The molecule has 2 aliphatic rings. The highest BCUT2D eigenvalue weighted by Gasteiger charge is 2.29. The molecule has 1 atom stereocenters. The average molecular weight is 417 g/mol. The van der Waals surface area contributed by atoms with Gasteiger partial charge in [-0.3, -0.25) is 4.79 Å². The Bertz CT molecular complexity index is 879. The number of nitrogens with zero attached hydrogens (tertiary/aromatic N) is 3. The molecule has 0 saturated heterocycles. The Morgan fingerprint density at radius 3 is 2.72 bits per heavy atom. The van der Waals surface area contributed by atoms with Gasteiger partial charge in [-0.2, -0.15) is 0 Å². The van der Waals surface area contributed by atoms with Crippen LogP contribution in [0.15, 0.2) is 23.4 Å². The molecule has 0 radical (unpaired) electrons. The molecule has 1 saturated carbocycles. The van der Waals surface area contributed by atoms with Crippen molar-refractivity contribution in [2.24, 2.45) is 13.0 Å². The van der Waals surface area contributed by atoms with Crippen LogP contribution in [0.4, 0.5) is 0 Å². The molecule has 1 fully saturated rings. The lowest BCUT2D eigenvalue weighted by Gasteiger charge is -2.24. The molecule has 1 N–H and O–H groups in total. The van der Waals surface area contributed by atoms with Crippen LogP contribution in [-0.4, -0.2) is 39.6 Å². The fraction of sp³-hybridized carbons (Fsp3) is 0.571. The van der Waals surface area contributed by atoms with Crippen molar-refractivity contribution in [2.45, 2.75) is 50.2 Å². The fourth-order valence-electron chi connectivity index (χ4n) is 3.50. The van der Waals surface area contributed by atoms with E-state index in [1.165, 1.54) is 24.6 Å². The molecular formula is C21H28N4O3S. The van der Waals surface area contributed by atoms with Crippen LogP contribution in [0.3, 0.4) is 0 Å². The third-order valence-electron chi connectivity index (χ3n) is 5.26. The maximum Gasteiger partial charge on any atom is 0.230 e. The maximum atomic E-state index is 12.7. The first-order chi connectivity index (χ1) is 14.0. The summed E-state index contributed by atoms with van der Waals surface area (Å²) in [5, 5.41) is 12.5. The molecule has 8 heteroatoms. The molecular weight excluding hydrogens is 388 g/mol. The number of benzene rings is 1. The van der Waals surface area contributed by atoms with Crippen molar-refractivity contribution in [1.82, 2.24) is 20.1 Å². The van der Waals surface area contributed by atoms with Gasteiger partial charge in [-0.1, -0.05) is 31.7 Å². The first-order valence-electron chi connectivity index (χ1n) is 10.2. The van der Waals surface area contributed by atoms with Gasteiger partial charge in [-0.25, -0.2) is 0 Å². The zero-order valence-electron chi connectivity index (χ0n) is 17.2. The summed E-state index contributed by atoms with van der Waals surface area (Å²) >= 11 is 1.43. The number of aromatic nitrogens is 3. The van der Waals surface area contributed by atoms with Crippen LogP contribution in [0.25, 0.3) is 0 Å². The summed E-state index contributed by atoms with van der Waals surface area (Å²) in [6.07, 6.45) is 3.24. The highest BCUT2D eigenvalue weighted by atomic mass is 32.2. The molecule has 1 aliphatic carbocycles. The summed E-state index contributed by atoms with van der Waals surface area (Å²) in [6.45, 7) is 5.52.